The highest BCUT2D eigenvalue weighted by molar-refractivity contribution is 5.31. The third-order valence-corrected chi connectivity index (χ3v) is 3.24. The first-order valence-electron chi connectivity index (χ1n) is 6.34. The minimum Gasteiger partial charge on any atom is -0.313 e. The van der Waals surface area contributed by atoms with Crippen LogP contribution in [0, 0.1) is 5.82 Å². The first kappa shape index (κ1) is 15.5. The van der Waals surface area contributed by atoms with Crippen LogP contribution >= 0.6 is 0 Å². The van der Waals surface area contributed by atoms with Gasteiger partial charge in [-0.05, 0) is 19.2 Å². The highest BCUT2D eigenvalue weighted by Gasteiger charge is 2.35. The maximum absolute atomic E-state index is 14.1. The zero-order valence-electron chi connectivity index (χ0n) is 11.6. The summed E-state index contributed by atoms with van der Waals surface area (Å²) in [6.07, 6.45) is -2.68. The second-order valence-electron chi connectivity index (χ2n) is 4.73. The number of aryl methyl sites for hydroxylation is 1. The van der Waals surface area contributed by atoms with Crippen LogP contribution in [0.15, 0.2) is 30.5 Å². The van der Waals surface area contributed by atoms with Crippen molar-refractivity contribution in [3.63, 3.8) is 0 Å². The fourth-order valence-electron chi connectivity index (χ4n) is 2.19. The van der Waals surface area contributed by atoms with Crippen LogP contribution in [0.1, 0.15) is 22.9 Å². The number of likely N-dealkylation sites (N-methyl/N-ethyl adjacent to an activating group) is 1. The van der Waals surface area contributed by atoms with Gasteiger partial charge in [0.2, 0.25) is 0 Å². The van der Waals surface area contributed by atoms with E-state index in [-0.39, 0.29) is 5.56 Å². The Bertz CT molecular complexity index is 619. The van der Waals surface area contributed by atoms with Gasteiger partial charge in [0.15, 0.2) is 0 Å². The summed E-state index contributed by atoms with van der Waals surface area (Å²) in [4.78, 5) is 0. The zero-order valence-corrected chi connectivity index (χ0v) is 11.6. The Morgan fingerprint density at radius 1 is 1.29 bits per heavy atom. The molecule has 0 amide bonds. The van der Waals surface area contributed by atoms with Crippen LogP contribution in [0.3, 0.4) is 0 Å². The number of alkyl halides is 3. The van der Waals surface area contributed by atoms with Crippen molar-refractivity contribution in [3.8, 4) is 0 Å². The summed E-state index contributed by atoms with van der Waals surface area (Å²) in [7, 11) is 3.32. The molecular weight excluding hydrogens is 286 g/mol. The van der Waals surface area contributed by atoms with E-state index in [0.717, 1.165) is 6.07 Å². The summed E-state index contributed by atoms with van der Waals surface area (Å²) in [5.74, 6) is -1.24. The van der Waals surface area contributed by atoms with Crippen LogP contribution in [0.5, 0.6) is 0 Å². The molecule has 1 unspecified atom stereocenters. The molecule has 7 heteroatoms. The standard InChI is InChI=1S/C14H15F4N3/c1-19-12(8-9-6-7-21(2)20-9)10-4-3-5-11(13(10)15)14(16,17)18/h3-7,12,19H,8H2,1-2H3. The number of aromatic nitrogens is 2. The van der Waals surface area contributed by atoms with Crippen LogP contribution in [-0.4, -0.2) is 16.8 Å². The maximum atomic E-state index is 14.1. The quantitative estimate of drug-likeness (QED) is 0.880. The summed E-state index contributed by atoms with van der Waals surface area (Å²) >= 11 is 0. The number of nitrogens with zero attached hydrogens (tertiary/aromatic N) is 2. The molecule has 1 aromatic heterocycles. The maximum Gasteiger partial charge on any atom is 0.419 e. The summed E-state index contributed by atoms with van der Waals surface area (Å²) in [5.41, 5.74) is -0.590. The van der Waals surface area contributed by atoms with E-state index in [1.807, 2.05) is 0 Å². The highest BCUT2D eigenvalue weighted by atomic mass is 19.4. The molecule has 2 aromatic rings. The van der Waals surface area contributed by atoms with Crippen molar-refractivity contribution < 1.29 is 17.6 Å². The van der Waals surface area contributed by atoms with Crippen LogP contribution in [0.4, 0.5) is 17.6 Å². The largest absolute Gasteiger partial charge is 0.419 e. The average Bonchev–Trinajstić information content (AvgIpc) is 2.81. The van der Waals surface area contributed by atoms with E-state index in [4.69, 9.17) is 0 Å². The molecule has 0 aliphatic carbocycles. The molecule has 114 valence electrons. The molecule has 1 heterocycles. The van der Waals surface area contributed by atoms with Crippen LogP contribution in [-0.2, 0) is 19.6 Å². The highest BCUT2D eigenvalue weighted by Crippen LogP contribution is 2.34. The number of hydrogen-bond donors (Lipinski definition) is 1. The third kappa shape index (κ3) is 3.41. The fraction of sp³-hybridized carbons (Fsp3) is 0.357. The van der Waals surface area contributed by atoms with Gasteiger partial charge in [-0.1, -0.05) is 12.1 Å². The molecule has 0 fully saturated rings. The molecule has 0 saturated heterocycles. The van der Waals surface area contributed by atoms with Crippen molar-refractivity contribution in [2.45, 2.75) is 18.6 Å². The molecule has 0 saturated carbocycles. The molecule has 1 aromatic carbocycles. The monoisotopic (exact) mass is 301 g/mol. The van der Waals surface area contributed by atoms with Crippen LogP contribution in [0.25, 0.3) is 0 Å². The Hall–Kier alpha value is -1.89. The SMILES string of the molecule is CNC(Cc1ccn(C)n1)c1cccc(C(F)(F)F)c1F. The molecule has 2 rings (SSSR count). The Balaban J connectivity index is 2.34. The van der Waals surface area contributed by atoms with Gasteiger partial charge in [0.05, 0.1) is 11.3 Å². The van der Waals surface area contributed by atoms with Gasteiger partial charge < -0.3 is 5.32 Å². The molecule has 3 nitrogen and oxygen atoms in total. The number of hydrogen-bond acceptors (Lipinski definition) is 2. The topological polar surface area (TPSA) is 29.9 Å². The Kier molecular flexibility index (Phi) is 4.32. The lowest BCUT2D eigenvalue weighted by molar-refractivity contribution is -0.140. The second-order valence-corrected chi connectivity index (χ2v) is 4.73. The first-order chi connectivity index (χ1) is 9.82. The fourth-order valence-corrected chi connectivity index (χ4v) is 2.19. The van der Waals surface area contributed by atoms with Gasteiger partial charge in [0.1, 0.15) is 5.82 Å². The smallest absolute Gasteiger partial charge is 0.313 e. The van der Waals surface area contributed by atoms with E-state index in [2.05, 4.69) is 10.4 Å². The van der Waals surface area contributed by atoms with Crippen molar-refractivity contribution in [1.29, 1.82) is 0 Å². The molecule has 21 heavy (non-hydrogen) atoms. The van der Waals surface area contributed by atoms with Gasteiger partial charge in [-0.3, -0.25) is 4.68 Å². The van der Waals surface area contributed by atoms with Gasteiger partial charge >= 0.3 is 6.18 Å². The Labute approximate surface area is 119 Å². The van der Waals surface area contributed by atoms with Gasteiger partial charge in [-0.15, -0.1) is 0 Å². The zero-order chi connectivity index (χ0) is 15.6. The van der Waals surface area contributed by atoms with E-state index in [0.29, 0.717) is 12.1 Å². The molecule has 0 spiro atoms. The van der Waals surface area contributed by atoms with Crippen LogP contribution in [0.2, 0.25) is 0 Å². The lowest BCUT2D eigenvalue weighted by Crippen LogP contribution is -2.22. The lowest BCUT2D eigenvalue weighted by atomic mass is 9.99. The summed E-state index contributed by atoms with van der Waals surface area (Å²) in [5, 5.41) is 7.00. The molecule has 1 N–H and O–H groups in total. The van der Waals surface area contributed by atoms with Gasteiger partial charge in [-0.2, -0.15) is 18.3 Å². The molecule has 0 aliphatic rings. The summed E-state index contributed by atoms with van der Waals surface area (Å²) in [6.45, 7) is 0. The predicted molar refractivity (Wildman–Crippen MR) is 70.1 cm³/mol. The molecule has 0 aliphatic heterocycles. The predicted octanol–water partition coefficient (Wildman–Crippen LogP) is 3.08. The Morgan fingerprint density at radius 2 is 2.00 bits per heavy atom. The summed E-state index contributed by atoms with van der Waals surface area (Å²) in [6, 6.07) is 4.48. The van der Waals surface area contributed by atoms with E-state index >= 15 is 0 Å². The second kappa shape index (κ2) is 5.85. The Morgan fingerprint density at radius 3 is 2.52 bits per heavy atom. The van der Waals surface area contributed by atoms with Crippen molar-refractivity contribution >= 4 is 0 Å². The van der Waals surface area contributed by atoms with Crippen LogP contribution < -0.4 is 5.32 Å². The average molecular weight is 301 g/mol. The lowest BCUT2D eigenvalue weighted by Gasteiger charge is -2.18. The minimum absolute atomic E-state index is 0.0158. The van der Waals surface area contributed by atoms with Gasteiger partial charge in [0, 0.05) is 31.3 Å². The van der Waals surface area contributed by atoms with Crippen molar-refractivity contribution in [2.75, 3.05) is 7.05 Å². The number of rotatable bonds is 4. The molecule has 0 radical (unpaired) electrons. The minimum atomic E-state index is -4.70. The number of halogens is 4. The number of nitrogens with one attached hydrogen (secondary N) is 1. The third-order valence-electron chi connectivity index (χ3n) is 3.24. The molecular formula is C14H15F4N3. The normalized spacial score (nSPS) is 13.4. The summed E-state index contributed by atoms with van der Waals surface area (Å²) < 4.78 is 54.0. The van der Waals surface area contributed by atoms with E-state index in [1.165, 1.54) is 12.1 Å². The first-order valence-corrected chi connectivity index (χ1v) is 6.34. The van der Waals surface area contributed by atoms with E-state index in [1.54, 1.807) is 31.0 Å². The van der Waals surface area contributed by atoms with Gasteiger partial charge in [0.25, 0.3) is 0 Å². The van der Waals surface area contributed by atoms with Gasteiger partial charge in [-0.25, -0.2) is 4.39 Å². The van der Waals surface area contributed by atoms with E-state index < -0.39 is 23.6 Å². The molecule has 1 atom stereocenters. The van der Waals surface area contributed by atoms with E-state index in [9.17, 15) is 17.6 Å². The molecule has 0 bridgehead atoms. The number of benzene rings is 1. The van der Waals surface area contributed by atoms with Crippen molar-refractivity contribution in [3.05, 3.63) is 53.1 Å². The van der Waals surface area contributed by atoms with Crippen molar-refractivity contribution in [2.24, 2.45) is 7.05 Å². The van der Waals surface area contributed by atoms with Crippen molar-refractivity contribution in [1.82, 2.24) is 15.1 Å².